The molecule has 2 aromatic carbocycles. The normalized spacial score (nSPS) is 10.8. The number of para-hydroxylation sites is 1. The standard InChI is InChI=1S/C14H12BN3O4/c19-15(20)11-6-4-10(5-7-11)8-17-9-16-14-12(17)2-1-3-13(14)18(21)22/h1-7,9,19-20H,8H2. The fraction of sp³-hybridized carbons (Fsp3) is 0.0714. The van der Waals surface area contributed by atoms with Crippen molar-refractivity contribution >= 4 is 29.3 Å². The number of hydrogen-bond donors (Lipinski definition) is 2. The second-order valence-corrected chi connectivity index (χ2v) is 4.89. The molecule has 0 fully saturated rings. The second kappa shape index (κ2) is 5.59. The topological polar surface area (TPSA) is 101 Å². The van der Waals surface area contributed by atoms with Crippen molar-refractivity contribution in [2.24, 2.45) is 0 Å². The molecule has 7 nitrogen and oxygen atoms in total. The molecular weight excluding hydrogens is 285 g/mol. The summed E-state index contributed by atoms with van der Waals surface area (Å²) < 4.78 is 1.81. The van der Waals surface area contributed by atoms with E-state index in [1.165, 1.54) is 6.07 Å². The fourth-order valence-electron chi connectivity index (χ4n) is 2.34. The number of benzene rings is 2. The van der Waals surface area contributed by atoms with Gasteiger partial charge in [0, 0.05) is 12.6 Å². The quantitative estimate of drug-likeness (QED) is 0.419. The fourth-order valence-corrected chi connectivity index (χ4v) is 2.34. The minimum Gasteiger partial charge on any atom is -0.423 e. The SMILES string of the molecule is O=[N+]([O-])c1cccc2c1ncn2Cc1ccc(B(O)O)cc1. The van der Waals surface area contributed by atoms with Crippen LogP contribution in [-0.4, -0.2) is 31.6 Å². The molecule has 0 aliphatic rings. The van der Waals surface area contributed by atoms with Gasteiger partial charge in [0.2, 0.25) is 0 Å². The minimum absolute atomic E-state index is 0.0185. The van der Waals surface area contributed by atoms with Gasteiger partial charge >= 0.3 is 7.12 Å². The van der Waals surface area contributed by atoms with Crippen molar-refractivity contribution in [1.29, 1.82) is 0 Å². The van der Waals surface area contributed by atoms with Gasteiger partial charge in [-0.1, -0.05) is 30.3 Å². The Morgan fingerprint density at radius 2 is 1.91 bits per heavy atom. The molecule has 0 unspecified atom stereocenters. The highest BCUT2D eigenvalue weighted by atomic mass is 16.6. The Morgan fingerprint density at radius 3 is 2.55 bits per heavy atom. The van der Waals surface area contributed by atoms with E-state index in [9.17, 15) is 10.1 Å². The summed E-state index contributed by atoms with van der Waals surface area (Å²) in [6, 6.07) is 11.6. The van der Waals surface area contributed by atoms with Crippen molar-refractivity contribution in [3.63, 3.8) is 0 Å². The molecule has 0 spiro atoms. The summed E-state index contributed by atoms with van der Waals surface area (Å²) in [7, 11) is -1.49. The van der Waals surface area contributed by atoms with E-state index in [1.807, 2.05) is 4.57 Å². The van der Waals surface area contributed by atoms with Crippen LogP contribution in [0.25, 0.3) is 11.0 Å². The highest BCUT2D eigenvalue weighted by Crippen LogP contribution is 2.24. The lowest BCUT2D eigenvalue weighted by Crippen LogP contribution is -2.29. The van der Waals surface area contributed by atoms with Crippen LogP contribution in [-0.2, 0) is 6.54 Å². The van der Waals surface area contributed by atoms with E-state index >= 15 is 0 Å². The molecule has 0 amide bonds. The van der Waals surface area contributed by atoms with E-state index in [0.717, 1.165) is 5.56 Å². The summed E-state index contributed by atoms with van der Waals surface area (Å²) in [6.45, 7) is 0.486. The van der Waals surface area contributed by atoms with Gasteiger partial charge in [0.15, 0.2) is 5.52 Å². The first-order chi connectivity index (χ1) is 10.6. The second-order valence-electron chi connectivity index (χ2n) is 4.89. The molecule has 22 heavy (non-hydrogen) atoms. The first-order valence-corrected chi connectivity index (χ1v) is 6.59. The number of nitro benzene ring substituents is 1. The average molecular weight is 297 g/mol. The average Bonchev–Trinajstić information content (AvgIpc) is 2.91. The third kappa shape index (κ3) is 2.57. The van der Waals surface area contributed by atoms with Crippen LogP contribution in [0, 0.1) is 10.1 Å². The molecule has 1 heterocycles. The predicted molar refractivity (Wildman–Crippen MR) is 81.8 cm³/mol. The summed E-state index contributed by atoms with van der Waals surface area (Å²) in [5.74, 6) is 0. The van der Waals surface area contributed by atoms with Gasteiger partial charge in [0.05, 0.1) is 16.8 Å². The van der Waals surface area contributed by atoms with Gasteiger partial charge in [-0.15, -0.1) is 0 Å². The Labute approximate surface area is 125 Å². The zero-order valence-corrected chi connectivity index (χ0v) is 11.5. The molecule has 0 radical (unpaired) electrons. The van der Waals surface area contributed by atoms with E-state index in [-0.39, 0.29) is 5.69 Å². The largest absolute Gasteiger partial charge is 0.488 e. The van der Waals surface area contributed by atoms with Gasteiger partial charge in [0.1, 0.15) is 0 Å². The zero-order chi connectivity index (χ0) is 15.7. The number of rotatable bonds is 4. The van der Waals surface area contributed by atoms with Crippen LogP contribution in [0.3, 0.4) is 0 Å². The molecule has 0 saturated carbocycles. The molecule has 0 saturated heterocycles. The van der Waals surface area contributed by atoms with Gasteiger partial charge in [-0.2, -0.15) is 0 Å². The molecule has 1 aromatic heterocycles. The van der Waals surface area contributed by atoms with Crippen molar-refractivity contribution in [1.82, 2.24) is 9.55 Å². The number of aromatic nitrogens is 2. The van der Waals surface area contributed by atoms with Crippen molar-refractivity contribution in [2.45, 2.75) is 6.54 Å². The molecular formula is C14H12BN3O4. The van der Waals surface area contributed by atoms with E-state index in [4.69, 9.17) is 10.0 Å². The van der Waals surface area contributed by atoms with Crippen molar-refractivity contribution in [3.05, 3.63) is 64.5 Å². The Morgan fingerprint density at radius 1 is 1.18 bits per heavy atom. The van der Waals surface area contributed by atoms with Gasteiger partial charge in [-0.3, -0.25) is 10.1 Å². The van der Waals surface area contributed by atoms with Gasteiger partial charge < -0.3 is 14.6 Å². The van der Waals surface area contributed by atoms with Crippen LogP contribution < -0.4 is 5.46 Å². The minimum atomic E-state index is -1.49. The number of hydrogen-bond acceptors (Lipinski definition) is 5. The molecule has 0 aliphatic heterocycles. The molecule has 0 atom stereocenters. The lowest BCUT2D eigenvalue weighted by Gasteiger charge is -2.06. The maximum absolute atomic E-state index is 11.0. The van der Waals surface area contributed by atoms with Crippen LogP contribution in [0.5, 0.6) is 0 Å². The molecule has 0 aliphatic carbocycles. The summed E-state index contributed by atoms with van der Waals surface area (Å²) >= 11 is 0. The highest BCUT2D eigenvalue weighted by molar-refractivity contribution is 6.58. The first kappa shape index (κ1) is 14.2. The number of imidazole rings is 1. The maximum Gasteiger partial charge on any atom is 0.488 e. The van der Waals surface area contributed by atoms with E-state index < -0.39 is 12.0 Å². The zero-order valence-electron chi connectivity index (χ0n) is 11.5. The molecule has 8 heteroatoms. The van der Waals surface area contributed by atoms with E-state index in [0.29, 0.717) is 23.0 Å². The Hall–Kier alpha value is -2.71. The molecule has 2 N–H and O–H groups in total. The van der Waals surface area contributed by atoms with Gasteiger partial charge in [-0.25, -0.2) is 4.98 Å². The Kier molecular flexibility index (Phi) is 3.62. The lowest BCUT2D eigenvalue weighted by atomic mass is 9.80. The third-order valence-electron chi connectivity index (χ3n) is 3.46. The highest BCUT2D eigenvalue weighted by Gasteiger charge is 2.15. The molecule has 0 bridgehead atoms. The number of fused-ring (bicyclic) bond motifs is 1. The van der Waals surface area contributed by atoms with Crippen molar-refractivity contribution in [3.8, 4) is 0 Å². The summed E-state index contributed by atoms with van der Waals surface area (Å²) in [5.41, 5.74) is 2.36. The van der Waals surface area contributed by atoms with Crippen molar-refractivity contribution < 1.29 is 15.0 Å². The number of non-ortho nitro benzene ring substituents is 1. The first-order valence-electron chi connectivity index (χ1n) is 6.59. The maximum atomic E-state index is 11.0. The summed E-state index contributed by atoms with van der Waals surface area (Å²) in [5, 5.41) is 29.1. The summed E-state index contributed by atoms with van der Waals surface area (Å²) in [6.07, 6.45) is 1.56. The molecule has 3 aromatic rings. The molecule has 3 rings (SSSR count). The van der Waals surface area contributed by atoms with Crippen LogP contribution in [0.15, 0.2) is 48.8 Å². The smallest absolute Gasteiger partial charge is 0.423 e. The number of nitrogens with zero attached hydrogens (tertiary/aromatic N) is 3. The predicted octanol–water partition coefficient (Wildman–Crippen LogP) is 0.673. The van der Waals surface area contributed by atoms with Crippen molar-refractivity contribution in [2.75, 3.05) is 0 Å². The molecule has 110 valence electrons. The van der Waals surface area contributed by atoms with Crippen LogP contribution in [0.2, 0.25) is 0 Å². The Balaban J connectivity index is 1.94. The monoisotopic (exact) mass is 297 g/mol. The van der Waals surface area contributed by atoms with Crippen LogP contribution in [0.4, 0.5) is 5.69 Å². The Bertz CT molecular complexity index is 830. The van der Waals surface area contributed by atoms with Gasteiger partial charge in [-0.05, 0) is 17.1 Å². The van der Waals surface area contributed by atoms with E-state index in [2.05, 4.69) is 4.98 Å². The third-order valence-corrected chi connectivity index (χ3v) is 3.46. The lowest BCUT2D eigenvalue weighted by molar-refractivity contribution is -0.383. The number of nitro groups is 1. The summed E-state index contributed by atoms with van der Waals surface area (Å²) in [4.78, 5) is 14.7. The van der Waals surface area contributed by atoms with Gasteiger partial charge in [0.25, 0.3) is 5.69 Å². The van der Waals surface area contributed by atoms with Crippen LogP contribution in [0.1, 0.15) is 5.56 Å². The van der Waals surface area contributed by atoms with Crippen LogP contribution >= 0.6 is 0 Å². The van der Waals surface area contributed by atoms with E-state index in [1.54, 1.807) is 42.7 Å².